The molecule has 2 saturated heterocycles. The number of nitrogens with one attached hydrogen (secondary N) is 2. The minimum atomic E-state index is -1.52. The molecule has 3 aromatic rings. The van der Waals surface area contributed by atoms with E-state index in [0.717, 1.165) is 47.3 Å². The second-order valence-electron chi connectivity index (χ2n) is 11.5. The van der Waals surface area contributed by atoms with E-state index >= 15 is 0 Å². The van der Waals surface area contributed by atoms with Crippen LogP contribution in [0.3, 0.4) is 0 Å². The predicted molar refractivity (Wildman–Crippen MR) is 164 cm³/mol. The van der Waals surface area contributed by atoms with E-state index < -0.39 is 29.0 Å². The Labute approximate surface area is 250 Å². The summed E-state index contributed by atoms with van der Waals surface area (Å²) >= 11 is 1.53. The molecule has 8 nitrogen and oxygen atoms in total. The maximum absolute atomic E-state index is 13.9. The average molecular weight is 585 g/mol. The first-order valence-electron chi connectivity index (χ1n) is 14.5. The number of thioether (sulfide) groups is 1. The van der Waals surface area contributed by atoms with E-state index in [1.165, 1.54) is 16.7 Å². The molecule has 0 aromatic heterocycles. The van der Waals surface area contributed by atoms with Crippen LogP contribution in [0.25, 0.3) is 0 Å². The number of hydrogen-bond acceptors (Lipinski definition) is 6. The number of amides is 3. The van der Waals surface area contributed by atoms with Crippen LogP contribution in [0.1, 0.15) is 46.0 Å². The molecule has 2 fully saturated rings. The number of aliphatic hydroxyl groups excluding tert-OH is 1. The molecule has 0 spiro atoms. The third-order valence-electron chi connectivity index (χ3n) is 8.81. The Bertz CT molecular complexity index is 1510. The lowest BCUT2D eigenvalue weighted by atomic mass is 9.91. The van der Waals surface area contributed by atoms with Crippen LogP contribution in [0, 0.1) is 6.92 Å². The SMILES string of the molecule is Cc1ccccc1CN1C(=O)[C@H]2N(C(=O)[C@@H](O)[C@H](Cc3ccccc3)NC(=O)c3cccc4c3CCCN4)CSC21C. The molecule has 42 heavy (non-hydrogen) atoms. The number of aryl methyl sites for hydroxylation is 1. The van der Waals surface area contributed by atoms with E-state index in [-0.39, 0.29) is 24.1 Å². The van der Waals surface area contributed by atoms with E-state index in [4.69, 9.17) is 0 Å². The third kappa shape index (κ3) is 5.05. The smallest absolute Gasteiger partial charge is 0.255 e. The van der Waals surface area contributed by atoms with Gasteiger partial charge in [0.15, 0.2) is 6.10 Å². The number of nitrogens with zero attached hydrogens (tertiary/aromatic N) is 2. The van der Waals surface area contributed by atoms with Gasteiger partial charge in [0.25, 0.3) is 11.8 Å². The van der Waals surface area contributed by atoms with Gasteiger partial charge in [-0.1, -0.05) is 60.7 Å². The van der Waals surface area contributed by atoms with Crippen LogP contribution in [0.5, 0.6) is 0 Å². The fourth-order valence-corrected chi connectivity index (χ4v) is 7.71. The molecule has 3 N–H and O–H groups in total. The van der Waals surface area contributed by atoms with E-state index in [2.05, 4.69) is 10.6 Å². The Morgan fingerprint density at radius 3 is 2.64 bits per heavy atom. The van der Waals surface area contributed by atoms with Gasteiger partial charge >= 0.3 is 0 Å². The fourth-order valence-electron chi connectivity index (χ4n) is 6.34. The van der Waals surface area contributed by atoms with Crippen molar-refractivity contribution in [2.24, 2.45) is 0 Å². The Morgan fingerprint density at radius 2 is 1.86 bits per heavy atom. The van der Waals surface area contributed by atoms with Crippen LogP contribution in [0.15, 0.2) is 72.8 Å². The van der Waals surface area contributed by atoms with E-state index in [1.54, 1.807) is 6.07 Å². The monoisotopic (exact) mass is 584 g/mol. The normalized spacial score (nSPS) is 22.4. The van der Waals surface area contributed by atoms with Crippen LogP contribution in [-0.4, -0.2) is 68.1 Å². The van der Waals surface area contributed by atoms with Crippen molar-refractivity contribution >= 4 is 35.2 Å². The van der Waals surface area contributed by atoms with Gasteiger partial charge in [-0.2, -0.15) is 0 Å². The largest absolute Gasteiger partial charge is 0.385 e. The van der Waals surface area contributed by atoms with Crippen molar-refractivity contribution in [2.75, 3.05) is 17.7 Å². The number of fused-ring (bicyclic) bond motifs is 2. The van der Waals surface area contributed by atoms with Gasteiger partial charge in [-0.05, 0) is 67.5 Å². The number of carbonyl (C=O) groups is 3. The summed E-state index contributed by atoms with van der Waals surface area (Å²) < 4.78 is 0. The molecular formula is C33H36N4O4S. The Morgan fingerprint density at radius 1 is 1.10 bits per heavy atom. The van der Waals surface area contributed by atoms with Crippen molar-refractivity contribution in [1.29, 1.82) is 0 Å². The van der Waals surface area contributed by atoms with Gasteiger partial charge in [-0.3, -0.25) is 14.4 Å². The lowest BCUT2D eigenvalue weighted by Gasteiger charge is -2.53. The minimum absolute atomic E-state index is 0.127. The van der Waals surface area contributed by atoms with Crippen LogP contribution in [0.4, 0.5) is 5.69 Å². The van der Waals surface area contributed by atoms with E-state index in [0.29, 0.717) is 12.1 Å². The zero-order valence-corrected chi connectivity index (χ0v) is 24.7. The number of anilines is 1. The van der Waals surface area contributed by atoms with Crippen LogP contribution < -0.4 is 10.6 Å². The van der Waals surface area contributed by atoms with Crippen LogP contribution in [0.2, 0.25) is 0 Å². The molecule has 0 radical (unpaired) electrons. The molecule has 0 bridgehead atoms. The van der Waals surface area contributed by atoms with E-state index in [1.807, 2.05) is 85.5 Å². The highest BCUT2D eigenvalue weighted by Crippen LogP contribution is 2.51. The van der Waals surface area contributed by atoms with Gasteiger partial charge < -0.3 is 25.5 Å². The zero-order valence-electron chi connectivity index (χ0n) is 23.9. The lowest BCUT2D eigenvalue weighted by Crippen LogP contribution is -2.73. The van der Waals surface area contributed by atoms with Crippen LogP contribution >= 0.6 is 11.8 Å². The summed E-state index contributed by atoms with van der Waals surface area (Å²) in [4.78, 5) is 43.6. The summed E-state index contributed by atoms with van der Waals surface area (Å²) in [6.07, 6.45) is 0.452. The molecule has 4 atom stereocenters. The molecule has 0 aliphatic carbocycles. The highest BCUT2D eigenvalue weighted by atomic mass is 32.2. The number of benzene rings is 3. The standard InChI is InChI=1S/C33H36N4O4S/c1-21-10-6-7-13-23(21)19-37-32(41)29-33(37,2)42-20-36(29)31(40)28(38)27(18-22-11-4-3-5-12-22)35-30(39)25-14-8-16-26-24(25)15-9-17-34-26/h3-8,10-14,16,27-29,34,38H,9,15,17-20H2,1-2H3,(H,35,39)/t27-,28-,29+,33?/m0/s1. The van der Waals surface area contributed by atoms with E-state index in [9.17, 15) is 19.5 Å². The van der Waals surface area contributed by atoms with Crippen molar-refractivity contribution in [1.82, 2.24) is 15.1 Å². The highest BCUT2D eigenvalue weighted by molar-refractivity contribution is 8.01. The molecule has 218 valence electrons. The second-order valence-corrected chi connectivity index (χ2v) is 12.8. The molecule has 9 heteroatoms. The first kappa shape index (κ1) is 28.3. The third-order valence-corrected chi connectivity index (χ3v) is 10.2. The first-order chi connectivity index (χ1) is 20.3. The van der Waals surface area contributed by atoms with Gasteiger partial charge in [0, 0.05) is 24.3 Å². The molecule has 3 heterocycles. The molecular weight excluding hydrogens is 548 g/mol. The van der Waals surface area contributed by atoms with Crippen molar-refractivity contribution in [3.05, 3.63) is 101 Å². The Kier molecular flexibility index (Phi) is 7.72. The quantitative estimate of drug-likeness (QED) is 0.349. The summed E-state index contributed by atoms with van der Waals surface area (Å²) in [5, 5.41) is 17.8. The zero-order chi connectivity index (χ0) is 29.4. The molecule has 3 aliphatic heterocycles. The molecule has 3 aromatic carbocycles. The molecule has 6 rings (SSSR count). The lowest BCUT2D eigenvalue weighted by molar-refractivity contribution is -0.168. The van der Waals surface area contributed by atoms with Gasteiger partial charge in [-0.25, -0.2) is 0 Å². The summed E-state index contributed by atoms with van der Waals surface area (Å²) in [5.41, 5.74) is 5.50. The molecule has 1 unspecified atom stereocenters. The summed E-state index contributed by atoms with van der Waals surface area (Å²) in [6, 6.07) is 21.5. The number of carbonyl (C=O) groups excluding carboxylic acids is 3. The Balaban J connectivity index is 1.21. The van der Waals surface area contributed by atoms with Gasteiger partial charge in [-0.15, -0.1) is 11.8 Å². The van der Waals surface area contributed by atoms with Crippen LogP contribution in [-0.2, 0) is 29.0 Å². The predicted octanol–water partition coefficient (Wildman–Crippen LogP) is 3.72. The maximum atomic E-state index is 13.9. The van der Waals surface area contributed by atoms with Crippen molar-refractivity contribution in [3.63, 3.8) is 0 Å². The summed E-state index contributed by atoms with van der Waals surface area (Å²) in [6.45, 7) is 5.34. The number of aliphatic hydroxyl groups is 1. The van der Waals surface area contributed by atoms with Gasteiger partial charge in [0.05, 0.1) is 11.9 Å². The fraction of sp³-hybridized carbons (Fsp3) is 0.364. The minimum Gasteiger partial charge on any atom is -0.385 e. The first-order valence-corrected chi connectivity index (χ1v) is 15.5. The number of rotatable bonds is 8. The molecule has 3 amide bonds. The Hall–Kier alpha value is -3.82. The maximum Gasteiger partial charge on any atom is 0.255 e. The summed E-state index contributed by atoms with van der Waals surface area (Å²) in [5.74, 6) is -0.707. The van der Waals surface area contributed by atoms with Crippen molar-refractivity contribution < 1.29 is 19.5 Å². The topological polar surface area (TPSA) is 102 Å². The highest BCUT2D eigenvalue weighted by Gasteiger charge is 2.65. The van der Waals surface area contributed by atoms with Gasteiger partial charge in [0.2, 0.25) is 5.91 Å². The number of β-lactam (4-membered cyclic amide) rings is 1. The summed E-state index contributed by atoms with van der Waals surface area (Å²) in [7, 11) is 0. The van der Waals surface area contributed by atoms with Crippen molar-refractivity contribution in [2.45, 2.75) is 62.7 Å². The molecule has 3 aliphatic rings. The van der Waals surface area contributed by atoms with Gasteiger partial charge in [0.1, 0.15) is 10.9 Å². The second kappa shape index (κ2) is 11.5. The number of hydrogen-bond donors (Lipinski definition) is 3. The number of likely N-dealkylation sites (tertiary alicyclic amines) is 1. The average Bonchev–Trinajstić information content (AvgIpc) is 3.33. The van der Waals surface area contributed by atoms with Crippen molar-refractivity contribution in [3.8, 4) is 0 Å². The molecule has 0 saturated carbocycles.